The summed E-state index contributed by atoms with van der Waals surface area (Å²) in [5, 5.41) is 3.68. The Labute approximate surface area is 127 Å². The van der Waals surface area contributed by atoms with Crippen molar-refractivity contribution >= 4 is 11.6 Å². The van der Waals surface area contributed by atoms with Crippen molar-refractivity contribution in [1.82, 2.24) is 5.32 Å². The van der Waals surface area contributed by atoms with Crippen LogP contribution in [-0.4, -0.2) is 13.1 Å². The van der Waals surface area contributed by atoms with E-state index < -0.39 is 0 Å². The lowest BCUT2D eigenvalue weighted by Crippen LogP contribution is -2.36. The summed E-state index contributed by atoms with van der Waals surface area (Å²) in [4.78, 5) is 0. The van der Waals surface area contributed by atoms with Crippen LogP contribution in [0.5, 0.6) is 0 Å². The lowest BCUT2D eigenvalue weighted by atomic mass is 9.75. The summed E-state index contributed by atoms with van der Waals surface area (Å²) < 4.78 is 13.6. The molecule has 0 aliphatic rings. The highest BCUT2D eigenvalue weighted by Gasteiger charge is 2.27. The normalized spacial score (nSPS) is 14.2. The fourth-order valence-electron chi connectivity index (χ4n) is 2.69. The molecule has 0 saturated carbocycles. The van der Waals surface area contributed by atoms with Gasteiger partial charge in [-0.3, -0.25) is 0 Å². The van der Waals surface area contributed by atoms with Crippen LogP contribution in [-0.2, 0) is 6.42 Å². The first kappa shape index (κ1) is 17.5. The molecule has 1 unspecified atom stereocenters. The Morgan fingerprint density at radius 1 is 1.25 bits per heavy atom. The average Bonchev–Trinajstić information content (AvgIpc) is 2.46. The van der Waals surface area contributed by atoms with Crippen molar-refractivity contribution in [2.24, 2.45) is 5.41 Å². The van der Waals surface area contributed by atoms with E-state index in [4.69, 9.17) is 11.6 Å². The monoisotopic (exact) mass is 299 g/mol. The molecule has 1 aromatic carbocycles. The SMILES string of the molecule is CCCCC(CC)(CNCC)Cc1ccc(Cl)c(F)c1. The van der Waals surface area contributed by atoms with Gasteiger partial charge in [-0.2, -0.15) is 0 Å². The fourth-order valence-corrected chi connectivity index (χ4v) is 2.81. The maximum Gasteiger partial charge on any atom is 0.142 e. The third kappa shape index (κ3) is 5.06. The molecular weight excluding hydrogens is 273 g/mol. The predicted octanol–water partition coefficient (Wildman–Crippen LogP) is 5.22. The van der Waals surface area contributed by atoms with E-state index in [1.807, 2.05) is 6.07 Å². The largest absolute Gasteiger partial charge is 0.316 e. The highest BCUT2D eigenvalue weighted by Crippen LogP contribution is 2.33. The van der Waals surface area contributed by atoms with E-state index in [2.05, 4.69) is 26.1 Å². The second-order valence-corrected chi connectivity index (χ2v) is 6.07. The number of nitrogens with one attached hydrogen (secondary N) is 1. The van der Waals surface area contributed by atoms with Crippen LogP contribution in [0, 0.1) is 11.2 Å². The van der Waals surface area contributed by atoms with E-state index in [0.717, 1.165) is 31.5 Å². The van der Waals surface area contributed by atoms with Crippen LogP contribution in [0.4, 0.5) is 4.39 Å². The molecule has 0 spiro atoms. The predicted molar refractivity (Wildman–Crippen MR) is 85.9 cm³/mol. The molecule has 0 fully saturated rings. The summed E-state index contributed by atoms with van der Waals surface area (Å²) in [6.07, 6.45) is 5.60. The van der Waals surface area contributed by atoms with Crippen LogP contribution >= 0.6 is 11.6 Å². The molecule has 0 radical (unpaired) electrons. The summed E-state index contributed by atoms with van der Waals surface area (Å²) in [5.41, 5.74) is 1.26. The van der Waals surface area contributed by atoms with Gasteiger partial charge in [0.25, 0.3) is 0 Å². The Hall–Kier alpha value is -0.600. The first-order valence-corrected chi connectivity index (χ1v) is 8.09. The van der Waals surface area contributed by atoms with Crippen molar-refractivity contribution in [2.75, 3.05) is 13.1 Å². The number of halogens is 2. The van der Waals surface area contributed by atoms with Gasteiger partial charge < -0.3 is 5.32 Å². The molecule has 0 amide bonds. The van der Waals surface area contributed by atoms with Crippen molar-refractivity contribution < 1.29 is 4.39 Å². The van der Waals surface area contributed by atoms with Gasteiger partial charge in [0, 0.05) is 6.54 Å². The number of rotatable bonds is 9. The van der Waals surface area contributed by atoms with Gasteiger partial charge in [0.2, 0.25) is 0 Å². The fraction of sp³-hybridized carbons (Fsp3) is 0.647. The molecule has 20 heavy (non-hydrogen) atoms. The van der Waals surface area contributed by atoms with Crippen molar-refractivity contribution in [3.05, 3.63) is 34.6 Å². The Morgan fingerprint density at radius 3 is 2.55 bits per heavy atom. The summed E-state index contributed by atoms with van der Waals surface area (Å²) in [6, 6.07) is 5.21. The van der Waals surface area contributed by atoms with Gasteiger partial charge in [0.15, 0.2) is 0 Å². The van der Waals surface area contributed by atoms with E-state index in [0.29, 0.717) is 0 Å². The van der Waals surface area contributed by atoms with E-state index in [1.165, 1.54) is 19.3 Å². The third-order valence-corrected chi connectivity index (χ3v) is 4.43. The average molecular weight is 300 g/mol. The second-order valence-electron chi connectivity index (χ2n) is 5.66. The molecule has 3 heteroatoms. The first-order valence-electron chi connectivity index (χ1n) is 7.71. The van der Waals surface area contributed by atoms with Crippen LogP contribution in [0.2, 0.25) is 5.02 Å². The van der Waals surface area contributed by atoms with Crippen molar-refractivity contribution in [3.63, 3.8) is 0 Å². The van der Waals surface area contributed by atoms with Gasteiger partial charge in [-0.25, -0.2) is 4.39 Å². The molecule has 0 aromatic heterocycles. The smallest absolute Gasteiger partial charge is 0.142 e. The quantitative estimate of drug-likeness (QED) is 0.659. The minimum atomic E-state index is -0.312. The molecule has 1 rings (SSSR count). The van der Waals surface area contributed by atoms with E-state index in [9.17, 15) is 4.39 Å². The molecule has 0 aliphatic carbocycles. The molecule has 0 heterocycles. The molecular formula is C17H27ClFN. The second kappa shape index (κ2) is 8.63. The van der Waals surface area contributed by atoms with Gasteiger partial charge >= 0.3 is 0 Å². The maximum absolute atomic E-state index is 13.6. The third-order valence-electron chi connectivity index (χ3n) is 4.12. The molecule has 0 saturated heterocycles. The van der Waals surface area contributed by atoms with Gasteiger partial charge in [-0.15, -0.1) is 0 Å². The van der Waals surface area contributed by atoms with Crippen LogP contribution in [0.1, 0.15) is 52.0 Å². The number of unbranched alkanes of at least 4 members (excludes halogenated alkanes) is 1. The first-order chi connectivity index (χ1) is 9.56. The Morgan fingerprint density at radius 2 is 2.00 bits per heavy atom. The summed E-state index contributed by atoms with van der Waals surface area (Å²) in [7, 11) is 0. The lowest BCUT2D eigenvalue weighted by Gasteiger charge is -2.33. The summed E-state index contributed by atoms with van der Waals surface area (Å²) >= 11 is 5.77. The molecule has 1 nitrogen and oxygen atoms in total. The minimum Gasteiger partial charge on any atom is -0.316 e. The van der Waals surface area contributed by atoms with Crippen LogP contribution in [0.15, 0.2) is 18.2 Å². The van der Waals surface area contributed by atoms with Crippen LogP contribution in [0.25, 0.3) is 0 Å². The molecule has 1 atom stereocenters. The highest BCUT2D eigenvalue weighted by atomic mass is 35.5. The molecule has 0 bridgehead atoms. The van der Waals surface area contributed by atoms with Crippen LogP contribution in [0.3, 0.4) is 0 Å². The molecule has 114 valence electrons. The zero-order valence-electron chi connectivity index (χ0n) is 12.9. The van der Waals surface area contributed by atoms with Crippen LogP contribution < -0.4 is 5.32 Å². The van der Waals surface area contributed by atoms with E-state index >= 15 is 0 Å². The maximum atomic E-state index is 13.6. The standard InChI is InChI=1S/C17H27ClFN/c1-4-7-10-17(5-2,13-20-6-3)12-14-8-9-15(18)16(19)11-14/h8-9,11,20H,4-7,10,12-13H2,1-3H3. The lowest BCUT2D eigenvalue weighted by molar-refractivity contribution is 0.230. The number of hydrogen-bond donors (Lipinski definition) is 1. The molecule has 0 aliphatic heterocycles. The van der Waals surface area contributed by atoms with Crippen molar-refractivity contribution in [2.45, 2.75) is 52.9 Å². The van der Waals surface area contributed by atoms with Gasteiger partial charge in [0.1, 0.15) is 5.82 Å². The topological polar surface area (TPSA) is 12.0 Å². The Balaban J connectivity index is 2.87. The molecule has 1 N–H and O–H groups in total. The highest BCUT2D eigenvalue weighted by molar-refractivity contribution is 6.30. The van der Waals surface area contributed by atoms with Gasteiger partial charge in [-0.1, -0.05) is 51.3 Å². The number of hydrogen-bond acceptors (Lipinski definition) is 1. The minimum absolute atomic E-state index is 0.205. The van der Waals surface area contributed by atoms with Gasteiger partial charge in [0.05, 0.1) is 5.02 Å². The Kier molecular flexibility index (Phi) is 7.53. The van der Waals surface area contributed by atoms with Crippen molar-refractivity contribution in [1.29, 1.82) is 0 Å². The summed E-state index contributed by atoms with van der Waals surface area (Å²) in [5.74, 6) is -0.312. The van der Waals surface area contributed by atoms with Gasteiger partial charge in [-0.05, 0) is 48.9 Å². The summed E-state index contributed by atoms with van der Waals surface area (Å²) in [6.45, 7) is 8.55. The zero-order chi connectivity index (χ0) is 15.0. The molecule has 1 aromatic rings. The zero-order valence-corrected chi connectivity index (χ0v) is 13.7. The van der Waals surface area contributed by atoms with Crippen molar-refractivity contribution in [3.8, 4) is 0 Å². The van der Waals surface area contributed by atoms with E-state index in [-0.39, 0.29) is 16.3 Å². The number of benzene rings is 1. The van der Waals surface area contributed by atoms with E-state index in [1.54, 1.807) is 12.1 Å². The Bertz CT molecular complexity index is 398.